The summed E-state index contributed by atoms with van der Waals surface area (Å²) in [5.41, 5.74) is 7.49. The lowest BCUT2D eigenvalue weighted by molar-refractivity contribution is -0.122. The molecule has 0 fully saturated rings. The molecular formula is C22H30N6O2. The minimum absolute atomic E-state index is 0.111. The van der Waals surface area contributed by atoms with Crippen LogP contribution in [0.5, 0.6) is 0 Å². The van der Waals surface area contributed by atoms with Crippen LogP contribution < -0.4 is 11.1 Å². The van der Waals surface area contributed by atoms with Crippen molar-refractivity contribution in [2.45, 2.75) is 40.3 Å². The maximum absolute atomic E-state index is 11.5. The second-order valence-corrected chi connectivity index (χ2v) is 8.39. The lowest BCUT2D eigenvalue weighted by Crippen LogP contribution is -2.32. The summed E-state index contributed by atoms with van der Waals surface area (Å²) in [6.45, 7) is 8.43. The molecule has 1 aliphatic rings. The van der Waals surface area contributed by atoms with Crippen LogP contribution in [0.15, 0.2) is 24.5 Å². The number of amides is 2. The molecule has 3 N–H and O–H groups in total. The maximum atomic E-state index is 11.5. The molecule has 0 unspecified atom stereocenters. The quantitative estimate of drug-likeness (QED) is 0.728. The van der Waals surface area contributed by atoms with Gasteiger partial charge in [-0.1, -0.05) is 26.7 Å². The van der Waals surface area contributed by atoms with Crippen molar-refractivity contribution >= 4 is 11.8 Å². The van der Waals surface area contributed by atoms with Gasteiger partial charge in [-0.05, 0) is 30.5 Å². The van der Waals surface area contributed by atoms with E-state index in [1.807, 2.05) is 44.5 Å². The van der Waals surface area contributed by atoms with Crippen LogP contribution in [-0.2, 0) is 17.9 Å². The van der Waals surface area contributed by atoms with E-state index in [4.69, 9.17) is 5.73 Å². The molecule has 0 saturated carbocycles. The third kappa shape index (κ3) is 6.71. The molecule has 2 amide bonds. The number of nitrogens with zero attached hydrogens (tertiary/aromatic N) is 4. The van der Waals surface area contributed by atoms with Crippen LogP contribution >= 0.6 is 0 Å². The van der Waals surface area contributed by atoms with E-state index < -0.39 is 5.91 Å². The zero-order chi connectivity index (χ0) is 22.3. The van der Waals surface area contributed by atoms with Crippen molar-refractivity contribution in [2.24, 2.45) is 11.1 Å². The molecule has 0 aliphatic carbocycles. The number of hydrogen-bond donors (Lipinski definition) is 2. The van der Waals surface area contributed by atoms with E-state index in [2.05, 4.69) is 32.0 Å². The van der Waals surface area contributed by atoms with E-state index in [1.54, 1.807) is 19.4 Å². The Morgan fingerprint density at radius 1 is 1.27 bits per heavy atom. The number of carbonyl (C=O) groups excluding carboxylic acids is 2. The fourth-order valence-electron chi connectivity index (χ4n) is 2.92. The summed E-state index contributed by atoms with van der Waals surface area (Å²) in [4.78, 5) is 32.7. The fraction of sp³-hybridized carbons (Fsp3) is 0.455. The smallest absolute Gasteiger partial charge is 0.269 e. The number of rotatable bonds is 2. The molecule has 0 spiro atoms. The van der Waals surface area contributed by atoms with E-state index in [0.717, 1.165) is 24.3 Å². The van der Waals surface area contributed by atoms with Gasteiger partial charge in [0, 0.05) is 51.1 Å². The molecule has 8 heteroatoms. The molecule has 30 heavy (non-hydrogen) atoms. The maximum Gasteiger partial charge on any atom is 0.269 e. The Labute approximate surface area is 177 Å². The Balaban J connectivity index is 0.000000303. The molecule has 0 aromatic carbocycles. The number of likely N-dealkylation sites (N-methyl/N-ethyl adjacent to an activating group) is 1. The van der Waals surface area contributed by atoms with Gasteiger partial charge in [0.2, 0.25) is 5.91 Å². The van der Waals surface area contributed by atoms with E-state index >= 15 is 0 Å². The molecule has 2 aromatic rings. The van der Waals surface area contributed by atoms with Crippen molar-refractivity contribution < 1.29 is 9.59 Å². The molecule has 0 bridgehead atoms. The van der Waals surface area contributed by atoms with E-state index in [-0.39, 0.29) is 11.3 Å². The Morgan fingerprint density at radius 3 is 2.53 bits per heavy atom. The first kappa shape index (κ1) is 23.1. The molecule has 0 atom stereocenters. The summed E-state index contributed by atoms with van der Waals surface area (Å²) in [5.74, 6) is 6.21. The third-order valence-electron chi connectivity index (χ3n) is 4.38. The van der Waals surface area contributed by atoms with Gasteiger partial charge in [0.05, 0.1) is 5.69 Å². The second kappa shape index (κ2) is 10.0. The molecule has 160 valence electrons. The average Bonchev–Trinajstić information content (AvgIpc) is 3.04. The molecule has 0 radical (unpaired) electrons. The van der Waals surface area contributed by atoms with Gasteiger partial charge in [-0.3, -0.25) is 19.5 Å². The number of primary amides is 1. The largest absolute Gasteiger partial charge is 0.364 e. The normalized spacial score (nSPS) is 13.2. The van der Waals surface area contributed by atoms with Gasteiger partial charge in [-0.15, -0.1) is 0 Å². The Kier molecular flexibility index (Phi) is 7.72. The van der Waals surface area contributed by atoms with Gasteiger partial charge in [0.1, 0.15) is 0 Å². The standard InChI is InChI=1S/C15H15N5O.C7H15NO/c1-19-7-8-20-12(10-19)14(15(16)21)18-13(20)5-4-11-3-2-6-17-9-11;1-7(2,3)5-6(9)8-4/h2-3,6,9H,7-8,10H2,1H3,(H2,16,21);5H2,1-4H3,(H,8,9). The van der Waals surface area contributed by atoms with Crippen LogP contribution in [-0.4, -0.2) is 51.9 Å². The zero-order valence-electron chi connectivity index (χ0n) is 18.3. The molecular weight excluding hydrogens is 380 g/mol. The predicted molar refractivity (Wildman–Crippen MR) is 115 cm³/mol. The molecule has 0 saturated heterocycles. The zero-order valence-corrected chi connectivity index (χ0v) is 18.3. The van der Waals surface area contributed by atoms with Crippen LogP contribution in [0.2, 0.25) is 0 Å². The van der Waals surface area contributed by atoms with Crippen LogP contribution in [0.25, 0.3) is 0 Å². The highest BCUT2D eigenvalue weighted by Gasteiger charge is 2.24. The number of fused-ring (bicyclic) bond motifs is 1. The van der Waals surface area contributed by atoms with Gasteiger partial charge >= 0.3 is 0 Å². The molecule has 3 heterocycles. The van der Waals surface area contributed by atoms with Gasteiger partial charge in [-0.25, -0.2) is 4.98 Å². The number of hydrogen-bond acceptors (Lipinski definition) is 5. The monoisotopic (exact) mass is 410 g/mol. The first-order valence-corrected chi connectivity index (χ1v) is 9.81. The lowest BCUT2D eigenvalue weighted by atomic mass is 9.92. The molecule has 8 nitrogen and oxygen atoms in total. The highest BCUT2D eigenvalue weighted by Crippen LogP contribution is 2.18. The van der Waals surface area contributed by atoms with Gasteiger partial charge < -0.3 is 15.6 Å². The molecule has 1 aliphatic heterocycles. The SMILES string of the molecule is CN1CCn2c(C#Cc3cccnc3)nc(C(N)=O)c2C1.CNC(=O)CC(C)(C)C. The lowest BCUT2D eigenvalue weighted by Gasteiger charge is -2.24. The Bertz CT molecular complexity index is 948. The summed E-state index contributed by atoms with van der Waals surface area (Å²) in [6.07, 6.45) is 3.99. The minimum Gasteiger partial charge on any atom is -0.364 e. The molecule has 2 aromatic heterocycles. The van der Waals surface area contributed by atoms with Crippen LogP contribution in [0.3, 0.4) is 0 Å². The van der Waals surface area contributed by atoms with Crippen molar-refractivity contribution in [1.82, 2.24) is 24.8 Å². The van der Waals surface area contributed by atoms with Crippen LogP contribution in [0.4, 0.5) is 0 Å². The predicted octanol–water partition coefficient (Wildman–Crippen LogP) is 1.39. The van der Waals surface area contributed by atoms with Gasteiger partial charge in [0.15, 0.2) is 11.5 Å². The summed E-state index contributed by atoms with van der Waals surface area (Å²) < 4.78 is 1.98. The van der Waals surface area contributed by atoms with E-state index in [1.165, 1.54) is 0 Å². The Hall–Kier alpha value is -3.18. The van der Waals surface area contributed by atoms with Crippen molar-refractivity contribution in [1.29, 1.82) is 0 Å². The number of imidazole rings is 1. The van der Waals surface area contributed by atoms with Gasteiger partial charge in [0.25, 0.3) is 5.91 Å². The fourth-order valence-corrected chi connectivity index (χ4v) is 2.92. The third-order valence-corrected chi connectivity index (χ3v) is 4.38. The van der Waals surface area contributed by atoms with Crippen LogP contribution in [0, 0.1) is 17.3 Å². The summed E-state index contributed by atoms with van der Waals surface area (Å²) in [6, 6.07) is 3.71. The van der Waals surface area contributed by atoms with Crippen molar-refractivity contribution in [3.8, 4) is 11.8 Å². The number of aromatic nitrogens is 3. The highest BCUT2D eigenvalue weighted by molar-refractivity contribution is 5.92. The Morgan fingerprint density at radius 2 is 2.00 bits per heavy atom. The highest BCUT2D eigenvalue weighted by atomic mass is 16.2. The van der Waals surface area contributed by atoms with Crippen LogP contribution in [0.1, 0.15) is 54.8 Å². The van der Waals surface area contributed by atoms with Gasteiger partial charge in [-0.2, -0.15) is 0 Å². The summed E-state index contributed by atoms with van der Waals surface area (Å²) in [5, 5.41) is 2.58. The van der Waals surface area contributed by atoms with E-state index in [9.17, 15) is 9.59 Å². The minimum atomic E-state index is -0.511. The summed E-state index contributed by atoms with van der Waals surface area (Å²) >= 11 is 0. The number of nitrogens with two attached hydrogens (primary N) is 1. The number of nitrogens with one attached hydrogen (secondary N) is 1. The van der Waals surface area contributed by atoms with E-state index in [0.29, 0.717) is 24.5 Å². The second-order valence-electron chi connectivity index (χ2n) is 8.39. The first-order chi connectivity index (χ1) is 14.1. The van der Waals surface area contributed by atoms with Crippen molar-refractivity contribution in [3.05, 3.63) is 47.3 Å². The molecule has 3 rings (SSSR count). The van der Waals surface area contributed by atoms with Crippen molar-refractivity contribution in [3.63, 3.8) is 0 Å². The number of pyridine rings is 1. The topological polar surface area (TPSA) is 106 Å². The average molecular weight is 411 g/mol. The summed E-state index contributed by atoms with van der Waals surface area (Å²) in [7, 11) is 3.66. The number of carbonyl (C=O) groups is 2. The first-order valence-electron chi connectivity index (χ1n) is 9.81. The van der Waals surface area contributed by atoms with Crippen molar-refractivity contribution in [2.75, 3.05) is 20.6 Å².